The van der Waals surface area contributed by atoms with Crippen molar-refractivity contribution in [1.82, 2.24) is 9.80 Å². The van der Waals surface area contributed by atoms with Gasteiger partial charge in [-0.25, -0.2) is 0 Å². The van der Waals surface area contributed by atoms with Crippen molar-refractivity contribution in [3.63, 3.8) is 0 Å². The number of benzene rings is 2. The van der Waals surface area contributed by atoms with E-state index in [0.717, 1.165) is 54.7 Å². The molecule has 2 heterocycles. The van der Waals surface area contributed by atoms with E-state index in [1.807, 2.05) is 18.2 Å². The van der Waals surface area contributed by atoms with Gasteiger partial charge in [-0.15, -0.1) is 0 Å². The second-order valence-corrected chi connectivity index (χ2v) is 12.2. The molecule has 6 nitrogen and oxygen atoms in total. The van der Waals surface area contributed by atoms with E-state index in [9.17, 15) is 9.90 Å². The van der Waals surface area contributed by atoms with E-state index in [1.54, 1.807) is 19.3 Å². The minimum atomic E-state index is -0.217. The third-order valence-corrected chi connectivity index (χ3v) is 9.58. The SMILES string of the molecule is COc1cc(O)c2c3c1O[C@H]1[C@@H](N(CC(C)C)C(=O)C=Cc4cccc(C)c4)CC[C@H]4[C@@H](C2)N(C)CC[C@@]341. The smallest absolute Gasteiger partial charge is 0.246 e. The Morgan fingerprint density at radius 1 is 1.32 bits per heavy atom. The summed E-state index contributed by atoms with van der Waals surface area (Å²) >= 11 is 0. The number of likely N-dealkylation sites (tertiary alicyclic amines) is 1. The number of phenolic OH excluding ortho intramolecular Hbond substituents is 1. The van der Waals surface area contributed by atoms with Gasteiger partial charge < -0.3 is 24.4 Å². The molecule has 0 radical (unpaired) electrons. The fourth-order valence-electron chi connectivity index (χ4n) is 8.05. The van der Waals surface area contributed by atoms with Gasteiger partial charge in [0.05, 0.1) is 13.2 Å². The molecule has 2 fully saturated rings. The van der Waals surface area contributed by atoms with Gasteiger partial charge in [-0.1, -0.05) is 43.7 Å². The number of hydrogen-bond acceptors (Lipinski definition) is 5. The van der Waals surface area contributed by atoms with Crippen LogP contribution in [0.25, 0.3) is 6.08 Å². The summed E-state index contributed by atoms with van der Waals surface area (Å²) in [7, 11) is 3.85. The molecule has 1 saturated carbocycles. The molecule has 2 aliphatic carbocycles. The van der Waals surface area contributed by atoms with Crippen molar-refractivity contribution >= 4 is 12.0 Å². The van der Waals surface area contributed by atoms with Crippen LogP contribution in [-0.2, 0) is 16.6 Å². The first-order valence-electron chi connectivity index (χ1n) is 14.1. The highest BCUT2D eigenvalue weighted by Crippen LogP contribution is 2.65. The Hall–Kier alpha value is -2.99. The van der Waals surface area contributed by atoms with Crippen molar-refractivity contribution in [2.24, 2.45) is 11.8 Å². The molecule has 2 bridgehead atoms. The van der Waals surface area contributed by atoms with Crippen LogP contribution in [0.15, 0.2) is 36.4 Å². The number of amides is 1. The quantitative estimate of drug-likeness (QED) is 0.551. The van der Waals surface area contributed by atoms with Crippen LogP contribution in [0.5, 0.6) is 17.2 Å². The summed E-state index contributed by atoms with van der Waals surface area (Å²) in [5.41, 5.74) is 4.16. The molecule has 1 saturated heterocycles. The number of aryl methyl sites for hydroxylation is 1. The molecule has 38 heavy (non-hydrogen) atoms. The summed E-state index contributed by atoms with van der Waals surface area (Å²) in [6.45, 7) is 8.07. The Bertz CT molecular complexity index is 1290. The molecular formula is C32H40N2O4. The number of rotatable bonds is 6. The number of piperidine rings is 1. The van der Waals surface area contributed by atoms with Crippen LogP contribution < -0.4 is 9.47 Å². The standard InChI is InChI=1S/C32H40N2O4/c1-19(2)18-34(28(36)12-9-21-8-6-7-20(3)15-21)24-11-10-23-25-16-22-26(35)17-27(37-5)30-29(22)32(23,31(24)38-30)13-14-33(25)4/h6-9,12,15,17,19,23-25,31,35H,10-11,13-14,16,18H2,1-5H3/t23-,24-,25+,31-,32-/m0/s1. The first-order valence-corrected chi connectivity index (χ1v) is 14.1. The van der Waals surface area contributed by atoms with E-state index in [4.69, 9.17) is 9.47 Å². The Morgan fingerprint density at radius 3 is 2.87 bits per heavy atom. The zero-order valence-electron chi connectivity index (χ0n) is 23.2. The average molecular weight is 517 g/mol. The fraction of sp³-hybridized carbons (Fsp3) is 0.531. The molecule has 2 aromatic rings. The van der Waals surface area contributed by atoms with Crippen LogP contribution in [0.1, 0.15) is 55.4 Å². The maximum absolute atomic E-state index is 13.9. The molecular weight excluding hydrogens is 476 g/mol. The molecule has 202 valence electrons. The Balaban J connectivity index is 1.42. The molecule has 2 aliphatic heterocycles. The number of carbonyl (C=O) groups is 1. The van der Waals surface area contributed by atoms with Gasteiger partial charge in [-0.05, 0) is 69.7 Å². The summed E-state index contributed by atoms with van der Waals surface area (Å²) in [4.78, 5) is 18.4. The van der Waals surface area contributed by atoms with Crippen molar-refractivity contribution < 1.29 is 19.4 Å². The number of carbonyl (C=O) groups excluding carboxylic acids is 1. The van der Waals surface area contributed by atoms with Crippen LogP contribution in [0, 0.1) is 18.8 Å². The lowest BCUT2D eigenvalue weighted by Crippen LogP contribution is -2.68. The zero-order chi connectivity index (χ0) is 26.8. The van der Waals surface area contributed by atoms with E-state index in [2.05, 4.69) is 49.8 Å². The highest BCUT2D eigenvalue weighted by atomic mass is 16.5. The number of methoxy groups -OCH3 is 1. The summed E-state index contributed by atoms with van der Waals surface area (Å²) < 4.78 is 12.7. The van der Waals surface area contributed by atoms with E-state index in [1.165, 1.54) is 5.56 Å². The average Bonchev–Trinajstić information content (AvgIpc) is 3.23. The summed E-state index contributed by atoms with van der Waals surface area (Å²) in [5.74, 6) is 2.49. The van der Waals surface area contributed by atoms with E-state index in [-0.39, 0.29) is 23.5 Å². The number of aromatic hydroxyl groups is 1. The van der Waals surface area contributed by atoms with E-state index >= 15 is 0 Å². The van der Waals surface area contributed by atoms with Gasteiger partial charge in [0.1, 0.15) is 11.9 Å². The summed E-state index contributed by atoms with van der Waals surface area (Å²) in [6.07, 6.45) is 7.26. The minimum absolute atomic E-state index is 0.0370. The lowest BCUT2D eigenvalue weighted by molar-refractivity contribution is -0.138. The maximum atomic E-state index is 13.9. The van der Waals surface area contributed by atoms with Crippen LogP contribution in [0.2, 0.25) is 0 Å². The number of nitrogens with zero attached hydrogens (tertiary/aromatic N) is 2. The third-order valence-electron chi connectivity index (χ3n) is 9.58. The van der Waals surface area contributed by atoms with Gasteiger partial charge in [0, 0.05) is 41.3 Å². The lowest BCUT2D eigenvalue weighted by Gasteiger charge is -2.60. The van der Waals surface area contributed by atoms with Crippen molar-refractivity contribution in [1.29, 1.82) is 0 Å². The van der Waals surface area contributed by atoms with Crippen molar-refractivity contribution in [2.45, 2.75) is 70.1 Å². The van der Waals surface area contributed by atoms with Gasteiger partial charge in [0.25, 0.3) is 0 Å². The molecule has 6 rings (SSSR count). The molecule has 1 N–H and O–H groups in total. The van der Waals surface area contributed by atoms with Crippen molar-refractivity contribution in [3.05, 3.63) is 58.7 Å². The van der Waals surface area contributed by atoms with Crippen LogP contribution in [0.4, 0.5) is 0 Å². The molecule has 0 unspecified atom stereocenters. The van der Waals surface area contributed by atoms with E-state index < -0.39 is 0 Å². The molecule has 1 amide bonds. The van der Waals surface area contributed by atoms with Gasteiger partial charge in [-0.2, -0.15) is 0 Å². The Morgan fingerprint density at radius 2 is 2.13 bits per heavy atom. The second-order valence-electron chi connectivity index (χ2n) is 12.2. The number of phenols is 1. The maximum Gasteiger partial charge on any atom is 0.246 e. The van der Waals surface area contributed by atoms with Gasteiger partial charge in [-0.3, -0.25) is 4.79 Å². The second kappa shape index (κ2) is 9.33. The predicted octanol–water partition coefficient (Wildman–Crippen LogP) is 4.94. The largest absolute Gasteiger partial charge is 0.508 e. The molecule has 4 aliphatic rings. The lowest BCUT2D eigenvalue weighted by atomic mass is 9.51. The summed E-state index contributed by atoms with van der Waals surface area (Å²) in [5, 5.41) is 11.1. The topological polar surface area (TPSA) is 62.2 Å². The predicted molar refractivity (Wildman–Crippen MR) is 149 cm³/mol. The van der Waals surface area contributed by atoms with Gasteiger partial charge >= 0.3 is 0 Å². The third kappa shape index (κ3) is 3.75. The molecule has 2 aromatic carbocycles. The minimum Gasteiger partial charge on any atom is -0.508 e. The van der Waals surface area contributed by atoms with Gasteiger partial charge in [0.2, 0.25) is 5.91 Å². The number of hydrogen-bond donors (Lipinski definition) is 1. The highest BCUT2D eigenvalue weighted by Gasteiger charge is 2.66. The molecule has 6 heteroatoms. The van der Waals surface area contributed by atoms with Crippen LogP contribution >= 0.6 is 0 Å². The van der Waals surface area contributed by atoms with Gasteiger partial charge in [0.15, 0.2) is 11.5 Å². The first kappa shape index (κ1) is 25.3. The van der Waals surface area contributed by atoms with E-state index in [0.29, 0.717) is 35.9 Å². The number of ether oxygens (including phenoxy) is 2. The first-order chi connectivity index (χ1) is 18.2. The zero-order valence-corrected chi connectivity index (χ0v) is 23.2. The monoisotopic (exact) mass is 516 g/mol. The van der Waals surface area contributed by atoms with Crippen molar-refractivity contribution in [3.8, 4) is 17.2 Å². The number of likely N-dealkylation sites (N-methyl/N-ethyl adjacent to an activating group) is 1. The fourth-order valence-corrected chi connectivity index (χ4v) is 8.05. The normalized spacial score (nSPS) is 29.3. The Kier molecular flexibility index (Phi) is 6.21. The summed E-state index contributed by atoms with van der Waals surface area (Å²) in [6, 6.07) is 10.3. The van der Waals surface area contributed by atoms with Crippen LogP contribution in [0.3, 0.4) is 0 Å². The molecule has 1 spiro atoms. The molecule has 0 aromatic heterocycles. The Labute approximate surface area is 226 Å². The van der Waals surface area contributed by atoms with Crippen LogP contribution in [-0.4, -0.2) is 66.2 Å². The van der Waals surface area contributed by atoms with Crippen molar-refractivity contribution in [2.75, 3.05) is 27.2 Å². The molecule has 5 atom stereocenters. The highest BCUT2D eigenvalue weighted by molar-refractivity contribution is 5.92.